The molecule has 2 N–H and O–H groups in total. The van der Waals surface area contributed by atoms with E-state index in [1.807, 2.05) is 0 Å². The summed E-state index contributed by atoms with van der Waals surface area (Å²) in [7, 11) is -3.88. The van der Waals surface area contributed by atoms with Crippen LogP contribution in [0.1, 0.15) is 20.8 Å². The van der Waals surface area contributed by atoms with Gasteiger partial charge in [0, 0.05) is 10.7 Å². The molecule has 0 unspecified atom stereocenters. The number of carbonyl (C=O) groups excluding carboxylic acids is 2. The minimum Gasteiger partial charge on any atom is -0.268 e. The van der Waals surface area contributed by atoms with E-state index < -0.39 is 21.8 Å². The summed E-state index contributed by atoms with van der Waals surface area (Å²) in [6, 6.07) is 6.88. The van der Waals surface area contributed by atoms with Crippen molar-refractivity contribution in [2.24, 2.45) is 5.14 Å². The van der Waals surface area contributed by atoms with Crippen LogP contribution in [0, 0.1) is 0 Å². The minimum absolute atomic E-state index is 0.0647. The Bertz CT molecular complexity index is 892. The Morgan fingerprint density at radius 1 is 1.14 bits per heavy atom. The second-order valence-electron chi connectivity index (χ2n) is 4.50. The number of primary sulfonamides is 1. The summed E-state index contributed by atoms with van der Waals surface area (Å²) in [6.45, 7) is 0. The number of halogens is 1. The van der Waals surface area contributed by atoms with Crippen LogP contribution in [-0.2, 0) is 10.0 Å². The van der Waals surface area contributed by atoms with Gasteiger partial charge in [-0.1, -0.05) is 0 Å². The van der Waals surface area contributed by atoms with E-state index >= 15 is 0 Å². The Morgan fingerprint density at radius 2 is 1.86 bits per heavy atom. The molecule has 0 spiro atoms. The maximum absolute atomic E-state index is 12.3. The number of anilines is 1. The minimum atomic E-state index is -3.88. The van der Waals surface area contributed by atoms with Crippen LogP contribution >= 0.6 is 15.9 Å². The van der Waals surface area contributed by atoms with E-state index in [1.54, 1.807) is 6.07 Å². The molecule has 0 radical (unpaired) electrons. The number of nitrogens with zero attached hydrogens (tertiary/aromatic N) is 2. The van der Waals surface area contributed by atoms with Crippen LogP contribution in [0.2, 0.25) is 0 Å². The molecule has 0 fully saturated rings. The first-order chi connectivity index (χ1) is 10.3. The van der Waals surface area contributed by atoms with E-state index in [2.05, 4.69) is 20.9 Å². The van der Waals surface area contributed by atoms with Gasteiger partial charge in [0.1, 0.15) is 5.69 Å². The number of benzene rings is 1. The number of fused-ring (bicyclic) bond motifs is 1. The van der Waals surface area contributed by atoms with Crippen molar-refractivity contribution in [1.82, 2.24) is 4.98 Å². The van der Waals surface area contributed by atoms with E-state index in [0.29, 0.717) is 0 Å². The lowest BCUT2D eigenvalue weighted by molar-refractivity contribution is 0.0924. The number of imide groups is 1. The summed E-state index contributed by atoms with van der Waals surface area (Å²) in [5, 5.41) is 5.05. The molecule has 22 heavy (non-hydrogen) atoms. The van der Waals surface area contributed by atoms with Gasteiger partial charge in [-0.3, -0.25) is 14.6 Å². The molecule has 1 aromatic carbocycles. The number of sulfonamides is 1. The molecule has 0 bridgehead atoms. The van der Waals surface area contributed by atoms with E-state index in [9.17, 15) is 18.0 Å². The van der Waals surface area contributed by atoms with Gasteiger partial charge in [-0.05, 0) is 46.3 Å². The largest absolute Gasteiger partial charge is 0.284 e. The first kappa shape index (κ1) is 14.8. The van der Waals surface area contributed by atoms with Gasteiger partial charge in [-0.2, -0.15) is 0 Å². The Balaban J connectivity index is 2.11. The van der Waals surface area contributed by atoms with Crippen LogP contribution in [0.5, 0.6) is 0 Å². The van der Waals surface area contributed by atoms with Crippen LogP contribution in [0.15, 0.2) is 45.9 Å². The predicted molar refractivity (Wildman–Crippen MR) is 80.9 cm³/mol. The molecule has 9 heteroatoms. The highest BCUT2D eigenvalue weighted by atomic mass is 79.9. The first-order valence-electron chi connectivity index (χ1n) is 5.97. The molecular weight excluding hydrogens is 374 g/mol. The van der Waals surface area contributed by atoms with Crippen molar-refractivity contribution in [2.75, 3.05) is 4.90 Å². The maximum Gasteiger partial charge on any atom is 0.284 e. The number of pyridine rings is 1. The molecule has 2 amide bonds. The van der Waals surface area contributed by atoms with Crippen molar-refractivity contribution in [1.29, 1.82) is 0 Å². The van der Waals surface area contributed by atoms with Crippen LogP contribution in [0.25, 0.3) is 0 Å². The standard InChI is InChI=1S/C13H8BrN3O4S/c14-9-6-7(22(15,20)21)3-4-10(9)17-12(18)8-2-1-5-16-11(8)13(17)19/h1-6H,(H2,15,20,21). The zero-order chi connectivity index (χ0) is 16.1. The normalized spacial score (nSPS) is 14.4. The second kappa shape index (κ2) is 4.97. The topological polar surface area (TPSA) is 110 Å². The summed E-state index contributed by atoms with van der Waals surface area (Å²) in [6.07, 6.45) is 1.42. The van der Waals surface area contributed by atoms with Gasteiger partial charge in [0.25, 0.3) is 11.8 Å². The molecule has 1 aliphatic heterocycles. The van der Waals surface area contributed by atoms with Gasteiger partial charge in [0.15, 0.2) is 0 Å². The number of hydrogen-bond acceptors (Lipinski definition) is 5. The van der Waals surface area contributed by atoms with E-state index in [4.69, 9.17) is 5.14 Å². The molecule has 1 aromatic heterocycles. The smallest absolute Gasteiger partial charge is 0.268 e. The molecule has 3 rings (SSSR count). The molecule has 7 nitrogen and oxygen atoms in total. The molecular formula is C13H8BrN3O4S. The lowest BCUT2D eigenvalue weighted by Gasteiger charge is -2.16. The van der Waals surface area contributed by atoms with Crippen molar-refractivity contribution in [2.45, 2.75) is 4.90 Å². The Hall–Kier alpha value is -2.10. The number of aromatic nitrogens is 1. The molecule has 112 valence electrons. The molecule has 2 aromatic rings. The molecule has 0 atom stereocenters. The van der Waals surface area contributed by atoms with Gasteiger partial charge in [-0.25, -0.2) is 18.5 Å². The third-order valence-corrected chi connectivity index (χ3v) is 4.68. The van der Waals surface area contributed by atoms with Gasteiger partial charge in [-0.15, -0.1) is 0 Å². The summed E-state index contributed by atoms with van der Waals surface area (Å²) in [5.41, 5.74) is 0.491. The van der Waals surface area contributed by atoms with Crippen LogP contribution in [-0.4, -0.2) is 25.2 Å². The quantitative estimate of drug-likeness (QED) is 0.787. The van der Waals surface area contributed by atoms with Crippen molar-refractivity contribution < 1.29 is 18.0 Å². The van der Waals surface area contributed by atoms with Gasteiger partial charge in [0.2, 0.25) is 10.0 Å². The summed E-state index contributed by atoms with van der Waals surface area (Å²) in [4.78, 5) is 29.4. The Labute approximate surface area is 133 Å². The fraction of sp³-hybridized carbons (Fsp3) is 0. The summed E-state index contributed by atoms with van der Waals surface area (Å²) < 4.78 is 22.9. The van der Waals surface area contributed by atoms with Crippen molar-refractivity contribution in [3.63, 3.8) is 0 Å². The SMILES string of the molecule is NS(=O)(=O)c1ccc(N2C(=O)c3cccnc3C2=O)c(Br)c1. The van der Waals surface area contributed by atoms with Gasteiger partial charge < -0.3 is 0 Å². The number of rotatable bonds is 2. The zero-order valence-corrected chi connectivity index (χ0v) is 13.3. The zero-order valence-electron chi connectivity index (χ0n) is 10.9. The Morgan fingerprint density at radius 3 is 2.45 bits per heavy atom. The van der Waals surface area contributed by atoms with E-state index in [1.165, 1.54) is 30.5 Å². The first-order valence-corrected chi connectivity index (χ1v) is 8.31. The van der Waals surface area contributed by atoms with Crippen LogP contribution < -0.4 is 10.0 Å². The van der Waals surface area contributed by atoms with E-state index in [0.717, 1.165) is 4.90 Å². The average molecular weight is 382 g/mol. The summed E-state index contributed by atoms with van der Waals surface area (Å²) in [5.74, 6) is -1.08. The highest BCUT2D eigenvalue weighted by Gasteiger charge is 2.38. The molecule has 0 saturated carbocycles. The highest BCUT2D eigenvalue weighted by molar-refractivity contribution is 9.10. The monoisotopic (exact) mass is 381 g/mol. The van der Waals surface area contributed by atoms with Crippen molar-refractivity contribution >= 4 is 43.5 Å². The predicted octanol–water partition coefficient (Wildman–Crippen LogP) is 1.29. The van der Waals surface area contributed by atoms with Crippen molar-refractivity contribution in [3.05, 3.63) is 52.3 Å². The number of amides is 2. The van der Waals surface area contributed by atoms with Gasteiger partial charge in [0.05, 0.1) is 16.1 Å². The van der Waals surface area contributed by atoms with E-state index in [-0.39, 0.29) is 26.3 Å². The van der Waals surface area contributed by atoms with Crippen LogP contribution in [0.4, 0.5) is 5.69 Å². The fourth-order valence-electron chi connectivity index (χ4n) is 2.13. The fourth-order valence-corrected chi connectivity index (χ4v) is 3.38. The average Bonchev–Trinajstić information content (AvgIpc) is 2.71. The summed E-state index contributed by atoms with van der Waals surface area (Å²) >= 11 is 3.16. The lowest BCUT2D eigenvalue weighted by Crippen LogP contribution is -2.30. The Kier molecular flexibility index (Phi) is 3.35. The second-order valence-corrected chi connectivity index (χ2v) is 6.92. The number of nitrogens with two attached hydrogens (primary N) is 1. The van der Waals surface area contributed by atoms with Crippen LogP contribution in [0.3, 0.4) is 0 Å². The molecule has 1 aliphatic rings. The molecule has 2 heterocycles. The van der Waals surface area contributed by atoms with Gasteiger partial charge >= 0.3 is 0 Å². The molecule has 0 aliphatic carbocycles. The number of hydrogen-bond donors (Lipinski definition) is 1. The molecule has 0 saturated heterocycles. The maximum atomic E-state index is 12.3. The highest BCUT2D eigenvalue weighted by Crippen LogP contribution is 2.33. The third kappa shape index (κ3) is 2.23. The van der Waals surface area contributed by atoms with Crippen molar-refractivity contribution in [3.8, 4) is 0 Å². The lowest BCUT2D eigenvalue weighted by atomic mass is 10.2. The number of carbonyl (C=O) groups is 2. The third-order valence-electron chi connectivity index (χ3n) is 3.14.